The van der Waals surface area contributed by atoms with E-state index in [1.54, 1.807) is 0 Å². The first-order chi connectivity index (χ1) is 10.6. The minimum absolute atomic E-state index is 0.0322. The van der Waals surface area contributed by atoms with Gasteiger partial charge in [0.05, 0.1) is 12.5 Å². The lowest BCUT2D eigenvalue weighted by Crippen LogP contribution is -2.39. The number of fused-ring (bicyclic) bond motifs is 1. The molecule has 0 saturated heterocycles. The van der Waals surface area contributed by atoms with Gasteiger partial charge in [0.1, 0.15) is 0 Å². The Morgan fingerprint density at radius 1 is 1.45 bits per heavy atom. The molecule has 0 aliphatic carbocycles. The summed E-state index contributed by atoms with van der Waals surface area (Å²) in [5, 5.41) is 0. The van der Waals surface area contributed by atoms with Crippen molar-refractivity contribution >= 4 is 11.2 Å². The van der Waals surface area contributed by atoms with Crippen LogP contribution < -0.4 is 11.2 Å². The second kappa shape index (κ2) is 5.60. The maximum absolute atomic E-state index is 12.8. The van der Waals surface area contributed by atoms with Crippen molar-refractivity contribution in [2.75, 3.05) is 0 Å². The quantitative estimate of drug-likeness (QED) is 0.769. The van der Waals surface area contributed by atoms with Crippen LogP contribution in [-0.4, -0.2) is 24.9 Å². The van der Waals surface area contributed by atoms with Crippen molar-refractivity contribution in [1.82, 2.24) is 18.7 Å². The highest BCUT2D eigenvalue weighted by Crippen LogP contribution is 2.06. The van der Waals surface area contributed by atoms with Gasteiger partial charge >= 0.3 is 5.69 Å². The van der Waals surface area contributed by atoms with Crippen molar-refractivity contribution in [2.24, 2.45) is 14.0 Å². The molecule has 0 aliphatic rings. The molecule has 0 amide bonds. The van der Waals surface area contributed by atoms with Gasteiger partial charge in [0.25, 0.3) is 5.56 Å². The Hall–Kier alpha value is -1.92. The predicted octanol–water partition coefficient (Wildman–Crippen LogP) is 0.962. The number of imidazole rings is 1. The van der Waals surface area contributed by atoms with Crippen molar-refractivity contribution < 1.29 is 8.50 Å². The number of alkyl halides is 1. The SMILES string of the molecule is [2H]C([2H])([2H])n1cnc2c1c(=O)n(CCCC[C@H](C)F)c(=O)n2C. The zero-order valence-corrected chi connectivity index (χ0v) is 11.5. The summed E-state index contributed by atoms with van der Waals surface area (Å²) in [6.45, 7) is -1.00. The van der Waals surface area contributed by atoms with Gasteiger partial charge in [-0.25, -0.2) is 14.2 Å². The lowest BCUT2D eigenvalue weighted by atomic mass is 10.2. The van der Waals surface area contributed by atoms with Gasteiger partial charge in [-0.3, -0.25) is 13.9 Å². The van der Waals surface area contributed by atoms with Gasteiger partial charge in [0.15, 0.2) is 11.2 Å². The summed E-state index contributed by atoms with van der Waals surface area (Å²) >= 11 is 0. The lowest BCUT2D eigenvalue weighted by Gasteiger charge is -2.08. The third-order valence-corrected chi connectivity index (χ3v) is 3.27. The van der Waals surface area contributed by atoms with Crippen LogP contribution in [0.4, 0.5) is 4.39 Å². The number of aryl methyl sites for hydroxylation is 2. The molecule has 1 atom stereocenters. The Kier molecular flexibility index (Phi) is 3.03. The zero-order chi connectivity index (χ0) is 17.4. The molecule has 0 aromatic carbocycles. The molecule has 7 heteroatoms. The van der Waals surface area contributed by atoms with Gasteiger partial charge in [-0.15, -0.1) is 0 Å². The van der Waals surface area contributed by atoms with E-state index in [9.17, 15) is 14.0 Å². The summed E-state index contributed by atoms with van der Waals surface area (Å²) in [6.07, 6.45) is 1.44. The zero-order valence-electron chi connectivity index (χ0n) is 14.5. The van der Waals surface area contributed by atoms with E-state index < -0.39 is 24.4 Å². The van der Waals surface area contributed by atoms with Gasteiger partial charge in [-0.2, -0.15) is 0 Å². The van der Waals surface area contributed by atoms with Crippen molar-refractivity contribution in [1.29, 1.82) is 0 Å². The maximum Gasteiger partial charge on any atom is 0.332 e. The first-order valence-corrected chi connectivity index (χ1v) is 6.46. The van der Waals surface area contributed by atoms with Crippen LogP contribution in [-0.2, 0) is 20.6 Å². The van der Waals surface area contributed by atoms with Crippen molar-refractivity contribution in [3.8, 4) is 0 Å². The molecule has 0 N–H and O–H groups in total. The fourth-order valence-electron chi connectivity index (χ4n) is 2.16. The van der Waals surface area contributed by atoms with Gasteiger partial charge in [0.2, 0.25) is 0 Å². The van der Waals surface area contributed by atoms with Crippen molar-refractivity contribution in [2.45, 2.75) is 38.9 Å². The monoisotopic (exact) mass is 285 g/mol. The third kappa shape index (κ3) is 2.52. The first kappa shape index (κ1) is 10.8. The molecule has 110 valence electrons. The second-order valence-electron chi connectivity index (χ2n) is 4.86. The van der Waals surface area contributed by atoms with Crippen molar-refractivity contribution in [3.63, 3.8) is 0 Å². The molecule has 0 radical (unpaired) electrons. The largest absolute Gasteiger partial charge is 0.332 e. The normalized spacial score (nSPS) is 15.8. The average Bonchev–Trinajstić information content (AvgIpc) is 2.89. The van der Waals surface area contributed by atoms with Gasteiger partial charge in [-0.05, 0) is 26.2 Å². The van der Waals surface area contributed by atoms with Gasteiger partial charge in [-0.1, -0.05) is 0 Å². The summed E-state index contributed by atoms with van der Waals surface area (Å²) in [5.41, 5.74) is -1.35. The van der Waals surface area contributed by atoms with E-state index in [0.29, 0.717) is 19.3 Å². The van der Waals surface area contributed by atoms with Gasteiger partial charge < -0.3 is 4.57 Å². The van der Waals surface area contributed by atoms with Gasteiger partial charge in [0, 0.05) is 24.7 Å². The molecular weight excluding hydrogens is 263 g/mol. The topological polar surface area (TPSA) is 61.8 Å². The second-order valence-corrected chi connectivity index (χ2v) is 4.86. The molecule has 0 saturated carbocycles. The Balaban J connectivity index is 2.49. The average molecular weight is 285 g/mol. The highest BCUT2D eigenvalue weighted by atomic mass is 19.1. The third-order valence-electron chi connectivity index (χ3n) is 3.27. The summed E-state index contributed by atoms with van der Waals surface area (Å²) in [5.74, 6) is 0. The molecule has 20 heavy (non-hydrogen) atoms. The molecule has 0 bridgehead atoms. The summed E-state index contributed by atoms with van der Waals surface area (Å²) in [7, 11) is 1.43. The molecule has 2 aromatic rings. The molecular formula is C13H19FN4O2. The maximum atomic E-state index is 12.8. The molecule has 6 nitrogen and oxygen atoms in total. The Morgan fingerprint density at radius 2 is 2.20 bits per heavy atom. The fourth-order valence-corrected chi connectivity index (χ4v) is 2.16. The predicted molar refractivity (Wildman–Crippen MR) is 74.6 cm³/mol. The first-order valence-electron chi connectivity index (χ1n) is 7.96. The highest BCUT2D eigenvalue weighted by molar-refractivity contribution is 5.69. The van der Waals surface area contributed by atoms with Crippen LogP contribution in [0.15, 0.2) is 15.9 Å². The van der Waals surface area contributed by atoms with E-state index in [1.807, 2.05) is 0 Å². The molecule has 2 heterocycles. The number of aromatic nitrogens is 4. The number of hydrogen-bond donors (Lipinski definition) is 0. The number of halogens is 1. The van der Waals surface area contributed by atoms with Crippen LogP contribution >= 0.6 is 0 Å². The van der Waals surface area contributed by atoms with Crippen LogP contribution in [0.3, 0.4) is 0 Å². The molecule has 0 fully saturated rings. The standard InChI is InChI=1S/C13H19FN4O2/c1-9(14)6-4-5-7-18-12(19)10-11(15-8-16(10)2)17(3)13(18)20/h8-9H,4-7H2,1-3H3/t9-/m0/s1/i2D3. The minimum atomic E-state index is -2.56. The van der Waals surface area contributed by atoms with Crippen molar-refractivity contribution in [3.05, 3.63) is 27.2 Å². The summed E-state index contributed by atoms with van der Waals surface area (Å²) < 4.78 is 38.1. The fraction of sp³-hybridized carbons (Fsp3) is 0.615. The minimum Gasteiger partial charge on any atom is -0.328 e. The Morgan fingerprint density at radius 3 is 2.85 bits per heavy atom. The summed E-state index contributed by atoms with van der Waals surface area (Å²) in [6, 6.07) is 0. The van der Waals surface area contributed by atoms with Crippen LogP contribution in [0.5, 0.6) is 0 Å². The van der Waals surface area contributed by atoms with E-state index in [1.165, 1.54) is 14.0 Å². The molecule has 0 spiro atoms. The molecule has 2 aromatic heterocycles. The van der Waals surface area contributed by atoms with E-state index in [-0.39, 0.29) is 17.7 Å². The van der Waals surface area contributed by atoms with Crippen LogP contribution in [0.25, 0.3) is 11.2 Å². The lowest BCUT2D eigenvalue weighted by molar-refractivity contribution is 0.328. The number of rotatable bonds is 5. The van der Waals surface area contributed by atoms with E-state index in [2.05, 4.69) is 4.98 Å². The van der Waals surface area contributed by atoms with Crippen LogP contribution in [0.1, 0.15) is 30.3 Å². The smallest absolute Gasteiger partial charge is 0.328 e. The van der Waals surface area contributed by atoms with E-state index in [4.69, 9.17) is 4.11 Å². The molecule has 0 unspecified atom stereocenters. The summed E-state index contributed by atoms with van der Waals surface area (Å²) in [4.78, 5) is 28.6. The van der Waals surface area contributed by atoms with Crippen LogP contribution in [0.2, 0.25) is 0 Å². The number of hydrogen-bond acceptors (Lipinski definition) is 3. The van der Waals surface area contributed by atoms with E-state index >= 15 is 0 Å². The van der Waals surface area contributed by atoms with Crippen LogP contribution in [0, 0.1) is 0 Å². The van der Waals surface area contributed by atoms with E-state index in [0.717, 1.165) is 20.0 Å². The number of unbranched alkanes of at least 4 members (excludes halogenated alkanes) is 1. The Bertz CT molecular complexity index is 819. The Labute approximate surface area is 119 Å². The highest BCUT2D eigenvalue weighted by Gasteiger charge is 2.14. The number of nitrogens with zero attached hydrogens (tertiary/aromatic N) is 4. The molecule has 2 rings (SSSR count). The molecule has 0 aliphatic heterocycles.